The number of nitrogens with zero attached hydrogens (tertiary/aromatic N) is 2. The van der Waals surface area contributed by atoms with Crippen LogP contribution in [-0.2, 0) is 0 Å². The van der Waals surface area contributed by atoms with E-state index in [0.717, 1.165) is 40.4 Å². The molecule has 5 heteroatoms. The third-order valence-corrected chi connectivity index (χ3v) is 4.31. The van der Waals surface area contributed by atoms with Crippen molar-refractivity contribution in [3.05, 3.63) is 28.9 Å². The van der Waals surface area contributed by atoms with Crippen molar-refractivity contribution < 1.29 is 5.11 Å². The van der Waals surface area contributed by atoms with E-state index in [2.05, 4.69) is 25.8 Å². The Labute approximate surface area is 126 Å². The van der Waals surface area contributed by atoms with Crippen molar-refractivity contribution in [1.29, 1.82) is 0 Å². The molecule has 20 heavy (non-hydrogen) atoms. The molecule has 0 amide bonds. The first-order valence-corrected chi connectivity index (χ1v) is 7.57. The van der Waals surface area contributed by atoms with Gasteiger partial charge in [-0.05, 0) is 38.0 Å². The summed E-state index contributed by atoms with van der Waals surface area (Å²) < 4.78 is 1.00. The fraction of sp³-hybridized carbons (Fsp3) is 0.400. The predicted octanol–water partition coefficient (Wildman–Crippen LogP) is 2.93. The number of nitrogens with two attached hydrogens (primary N) is 1. The monoisotopic (exact) mass is 335 g/mol. The lowest BCUT2D eigenvalue weighted by molar-refractivity contribution is 0.0450. The van der Waals surface area contributed by atoms with Gasteiger partial charge < -0.3 is 15.7 Å². The zero-order chi connectivity index (χ0) is 14.3. The molecule has 0 radical (unpaired) electrons. The molecule has 1 fully saturated rings. The molecule has 1 aromatic heterocycles. The third kappa shape index (κ3) is 2.47. The van der Waals surface area contributed by atoms with Crippen LogP contribution in [0.25, 0.3) is 10.9 Å². The van der Waals surface area contributed by atoms with Crippen LogP contribution in [0.4, 0.5) is 11.4 Å². The molecule has 106 valence electrons. The van der Waals surface area contributed by atoms with Crippen LogP contribution in [0, 0.1) is 0 Å². The van der Waals surface area contributed by atoms with Crippen LogP contribution in [0.15, 0.2) is 28.9 Å². The summed E-state index contributed by atoms with van der Waals surface area (Å²) in [5, 5.41) is 11.3. The predicted molar refractivity (Wildman–Crippen MR) is 85.9 cm³/mol. The number of rotatable bonds is 1. The molecule has 1 aliphatic rings. The fourth-order valence-corrected chi connectivity index (χ4v) is 3.29. The van der Waals surface area contributed by atoms with Crippen LogP contribution in [0.5, 0.6) is 0 Å². The van der Waals surface area contributed by atoms with Gasteiger partial charge in [0, 0.05) is 22.9 Å². The largest absolute Gasteiger partial charge is 0.396 e. The molecule has 1 saturated heterocycles. The van der Waals surface area contributed by atoms with Gasteiger partial charge >= 0.3 is 0 Å². The highest BCUT2D eigenvalue weighted by atomic mass is 79.9. The number of nitrogen functional groups attached to an aromatic ring is 1. The summed E-state index contributed by atoms with van der Waals surface area (Å²) in [6, 6.07) is 5.99. The summed E-state index contributed by atoms with van der Waals surface area (Å²) in [4.78, 5) is 6.55. The van der Waals surface area contributed by atoms with Gasteiger partial charge in [0.1, 0.15) is 0 Å². The summed E-state index contributed by atoms with van der Waals surface area (Å²) in [5.41, 5.74) is 8.06. The summed E-state index contributed by atoms with van der Waals surface area (Å²) in [5.74, 6) is 0. The summed E-state index contributed by atoms with van der Waals surface area (Å²) in [6.07, 6.45) is 3.50. The molecule has 0 aliphatic carbocycles. The number of pyridine rings is 1. The minimum absolute atomic E-state index is 0.600. The van der Waals surface area contributed by atoms with Gasteiger partial charge in [-0.15, -0.1) is 0 Å². The molecule has 3 N–H and O–H groups in total. The van der Waals surface area contributed by atoms with E-state index >= 15 is 0 Å². The second-order valence-electron chi connectivity index (χ2n) is 5.75. The Bertz CT molecular complexity index is 652. The van der Waals surface area contributed by atoms with Crippen LogP contribution in [0.1, 0.15) is 19.8 Å². The standard InChI is InChI=1S/C15H18BrN3O/c1-15(20)5-2-6-19(9-15)14-11-7-10(16)3-4-13(11)18-8-12(14)17/h3-4,7-8,20H,2,5-6,9,17H2,1H3. The molecule has 0 bridgehead atoms. The van der Waals surface area contributed by atoms with Crippen LogP contribution in [0.3, 0.4) is 0 Å². The average Bonchev–Trinajstić information content (AvgIpc) is 2.37. The highest BCUT2D eigenvalue weighted by Gasteiger charge is 2.30. The Morgan fingerprint density at radius 2 is 2.25 bits per heavy atom. The SMILES string of the molecule is CC1(O)CCCN(c2c(N)cnc3ccc(Br)cc23)C1. The minimum Gasteiger partial charge on any atom is -0.396 e. The van der Waals surface area contributed by atoms with E-state index < -0.39 is 5.60 Å². The molecule has 1 aliphatic heterocycles. The van der Waals surface area contributed by atoms with E-state index in [9.17, 15) is 5.11 Å². The number of piperidine rings is 1. The lowest BCUT2D eigenvalue weighted by Gasteiger charge is -2.39. The molecular weight excluding hydrogens is 318 g/mol. The van der Waals surface area contributed by atoms with Crippen molar-refractivity contribution in [3.8, 4) is 0 Å². The zero-order valence-corrected chi connectivity index (χ0v) is 13.0. The van der Waals surface area contributed by atoms with E-state index in [1.165, 1.54) is 0 Å². The molecular formula is C15H18BrN3O. The molecule has 3 rings (SSSR count). The number of aliphatic hydroxyl groups is 1. The van der Waals surface area contributed by atoms with Gasteiger partial charge in [0.25, 0.3) is 0 Å². The van der Waals surface area contributed by atoms with Crippen molar-refractivity contribution in [2.24, 2.45) is 0 Å². The van der Waals surface area contributed by atoms with Gasteiger partial charge in [-0.3, -0.25) is 4.98 Å². The second-order valence-corrected chi connectivity index (χ2v) is 6.66. The highest BCUT2D eigenvalue weighted by Crippen LogP contribution is 2.36. The van der Waals surface area contributed by atoms with Crippen LogP contribution >= 0.6 is 15.9 Å². The van der Waals surface area contributed by atoms with Gasteiger partial charge in [-0.2, -0.15) is 0 Å². The highest BCUT2D eigenvalue weighted by molar-refractivity contribution is 9.10. The molecule has 4 nitrogen and oxygen atoms in total. The summed E-state index contributed by atoms with van der Waals surface area (Å²) in [7, 11) is 0. The molecule has 1 unspecified atom stereocenters. The smallest absolute Gasteiger partial charge is 0.0794 e. The minimum atomic E-state index is -0.660. The number of β-amino-alcohol motifs (C(OH)–C–C–N with tert-alkyl or cyclic N) is 1. The van der Waals surface area contributed by atoms with Crippen molar-refractivity contribution in [3.63, 3.8) is 0 Å². The topological polar surface area (TPSA) is 62.4 Å². The number of hydrogen-bond donors (Lipinski definition) is 2. The van der Waals surface area contributed by atoms with Crippen molar-refractivity contribution in [1.82, 2.24) is 4.98 Å². The molecule has 0 spiro atoms. The Morgan fingerprint density at radius 3 is 3.00 bits per heavy atom. The van der Waals surface area contributed by atoms with Crippen LogP contribution in [-0.4, -0.2) is 28.8 Å². The summed E-state index contributed by atoms with van der Waals surface area (Å²) in [6.45, 7) is 3.39. The van der Waals surface area contributed by atoms with Crippen molar-refractivity contribution in [2.45, 2.75) is 25.4 Å². The number of anilines is 2. The van der Waals surface area contributed by atoms with Gasteiger partial charge in [0.2, 0.25) is 0 Å². The fourth-order valence-electron chi connectivity index (χ4n) is 2.93. The number of aromatic nitrogens is 1. The maximum atomic E-state index is 10.3. The van der Waals surface area contributed by atoms with E-state index in [0.29, 0.717) is 12.2 Å². The maximum absolute atomic E-state index is 10.3. The molecule has 1 atom stereocenters. The molecule has 0 saturated carbocycles. The van der Waals surface area contributed by atoms with Gasteiger partial charge in [-0.25, -0.2) is 0 Å². The van der Waals surface area contributed by atoms with Crippen LogP contribution in [0.2, 0.25) is 0 Å². The average molecular weight is 336 g/mol. The Morgan fingerprint density at radius 1 is 1.45 bits per heavy atom. The van der Waals surface area contributed by atoms with E-state index in [1.54, 1.807) is 6.20 Å². The maximum Gasteiger partial charge on any atom is 0.0794 e. The van der Waals surface area contributed by atoms with E-state index in [4.69, 9.17) is 5.73 Å². The third-order valence-electron chi connectivity index (χ3n) is 3.82. The summed E-state index contributed by atoms with van der Waals surface area (Å²) >= 11 is 3.50. The van der Waals surface area contributed by atoms with Gasteiger partial charge in [0.15, 0.2) is 0 Å². The normalized spacial score (nSPS) is 23.2. The Hall–Kier alpha value is -1.33. The zero-order valence-electron chi connectivity index (χ0n) is 11.4. The van der Waals surface area contributed by atoms with Crippen LogP contribution < -0.4 is 10.6 Å². The first-order valence-electron chi connectivity index (χ1n) is 6.77. The second kappa shape index (κ2) is 4.90. The molecule has 2 aromatic rings. The lowest BCUT2D eigenvalue weighted by Crippen LogP contribution is -2.46. The quantitative estimate of drug-likeness (QED) is 0.841. The van der Waals surface area contributed by atoms with E-state index in [1.807, 2.05) is 25.1 Å². The van der Waals surface area contributed by atoms with Gasteiger partial charge in [-0.1, -0.05) is 15.9 Å². The Kier molecular flexibility index (Phi) is 3.34. The van der Waals surface area contributed by atoms with E-state index in [-0.39, 0.29) is 0 Å². The van der Waals surface area contributed by atoms with Crippen molar-refractivity contribution >= 4 is 38.2 Å². The molecule has 1 aromatic carbocycles. The number of fused-ring (bicyclic) bond motifs is 1. The number of benzene rings is 1. The Balaban J connectivity index is 2.14. The first-order chi connectivity index (χ1) is 9.46. The van der Waals surface area contributed by atoms with Gasteiger partial charge in [0.05, 0.1) is 28.7 Å². The molecule has 2 heterocycles. The first kappa shape index (κ1) is 13.6. The van der Waals surface area contributed by atoms with Crippen molar-refractivity contribution in [2.75, 3.05) is 23.7 Å². The lowest BCUT2D eigenvalue weighted by atomic mass is 9.94. The number of hydrogen-bond acceptors (Lipinski definition) is 4. The number of halogens is 1.